The molecule has 3 aromatic rings. The standard InChI is InChI=1S/C24H27Cl3N4O2/c1-4-33-24-21(23(28-29-24)30(2)3)22(20-18(26)10-16(25)11-19(20)27)31-12-15-8-6-5-7-14(15)9-17(31)13-32/h5-8,10-11,17,22,32H,4,9,12-13H2,1-3H3,(H,28,29). The Balaban J connectivity index is 1.97. The van der Waals surface area contributed by atoms with Crippen LogP contribution in [0, 0.1) is 0 Å². The van der Waals surface area contributed by atoms with Gasteiger partial charge in [0.1, 0.15) is 5.82 Å². The Morgan fingerprint density at radius 1 is 1.15 bits per heavy atom. The van der Waals surface area contributed by atoms with E-state index in [0.717, 1.165) is 11.4 Å². The van der Waals surface area contributed by atoms with Crippen molar-refractivity contribution in [3.8, 4) is 5.88 Å². The Bertz CT molecular complexity index is 1110. The minimum atomic E-state index is -0.439. The molecule has 0 amide bonds. The van der Waals surface area contributed by atoms with Gasteiger partial charge in [-0.15, -0.1) is 5.10 Å². The third-order valence-corrected chi connectivity index (χ3v) is 6.85. The molecule has 0 aliphatic carbocycles. The number of aromatic amines is 1. The van der Waals surface area contributed by atoms with Crippen LogP contribution in [0.25, 0.3) is 0 Å². The molecule has 33 heavy (non-hydrogen) atoms. The lowest BCUT2D eigenvalue weighted by atomic mass is 9.89. The molecule has 0 spiro atoms. The molecular formula is C24H27Cl3N4O2. The van der Waals surface area contributed by atoms with Crippen molar-refractivity contribution in [3.05, 3.63) is 73.7 Å². The van der Waals surface area contributed by atoms with Crippen LogP contribution in [0.1, 0.15) is 35.2 Å². The minimum absolute atomic E-state index is 0.0211. The van der Waals surface area contributed by atoms with Gasteiger partial charge in [0.15, 0.2) is 0 Å². The van der Waals surface area contributed by atoms with Gasteiger partial charge in [0.05, 0.1) is 24.8 Å². The SMILES string of the molecule is CCOc1n[nH]c(N(C)C)c1C(c1c(Cl)cc(Cl)cc1Cl)N1Cc2ccccc2CC1CO. The zero-order chi connectivity index (χ0) is 23.7. The van der Waals surface area contributed by atoms with E-state index in [4.69, 9.17) is 39.5 Å². The Kier molecular flexibility index (Phi) is 7.41. The van der Waals surface area contributed by atoms with E-state index in [2.05, 4.69) is 27.2 Å². The second-order valence-electron chi connectivity index (χ2n) is 8.29. The van der Waals surface area contributed by atoms with Gasteiger partial charge in [0.2, 0.25) is 5.88 Å². The van der Waals surface area contributed by atoms with Gasteiger partial charge in [-0.25, -0.2) is 0 Å². The van der Waals surface area contributed by atoms with Crippen LogP contribution < -0.4 is 9.64 Å². The van der Waals surface area contributed by atoms with Gasteiger partial charge >= 0.3 is 0 Å². The van der Waals surface area contributed by atoms with Crippen molar-refractivity contribution in [1.82, 2.24) is 15.1 Å². The van der Waals surface area contributed by atoms with Crippen molar-refractivity contribution in [1.29, 1.82) is 0 Å². The number of hydrogen-bond donors (Lipinski definition) is 2. The van der Waals surface area contributed by atoms with Gasteiger partial charge in [-0.05, 0) is 36.6 Å². The molecule has 0 bridgehead atoms. The summed E-state index contributed by atoms with van der Waals surface area (Å²) in [6.07, 6.45) is 0.700. The molecule has 0 saturated heterocycles. The van der Waals surface area contributed by atoms with Gasteiger partial charge in [-0.3, -0.25) is 10.00 Å². The number of nitrogens with one attached hydrogen (secondary N) is 1. The van der Waals surface area contributed by atoms with Crippen molar-refractivity contribution >= 4 is 40.6 Å². The van der Waals surface area contributed by atoms with Crippen LogP contribution in [0.3, 0.4) is 0 Å². The number of aromatic nitrogens is 2. The molecule has 2 unspecified atom stereocenters. The first-order valence-corrected chi connectivity index (χ1v) is 11.9. The quantitative estimate of drug-likeness (QED) is 0.450. The molecule has 0 radical (unpaired) electrons. The fourth-order valence-corrected chi connectivity index (χ4v) is 5.55. The molecule has 2 heterocycles. The summed E-state index contributed by atoms with van der Waals surface area (Å²) in [4.78, 5) is 4.17. The van der Waals surface area contributed by atoms with Crippen molar-refractivity contribution in [3.63, 3.8) is 0 Å². The number of aliphatic hydroxyl groups is 1. The Labute approximate surface area is 209 Å². The van der Waals surface area contributed by atoms with E-state index < -0.39 is 6.04 Å². The van der Waals surface area contributed by atoms with Crippen LogP contribution in [0.2, 0.25) is 15.1 Å². The number of anilines is 1. The number of hydrogen-bond acceptors (Lipinski definition) is 5. The van der Waals surface area contributed by atoms with Crippen molar-refractivity contribution < 1.29 is 9.84 Å². The maximum Gasteiger partial charge on any atom is 0.239 e. The van der Waals surface area contributed by atoms with Gasteiger partial charge in [-0.1, -0.05) is 59.1 Å². The van der Waals surface area contributed by atoms with Crippen LogP contribution in [0.4, 0.5) is 5.82 Å². The molecule has 0 fully saturated rings. The lowest BCUT2D eigenvalue weighted by molar-refractivity contribution is 0.0788. The molecule has 2 N–H and O–H groups in total. The predicted octanol–water partition coefficient (Wildman–Crippen LogP) is 5.34. The summed E-state index contributed by atoms with van der Waals surface area (Å²) < 4.78 is 5.93. The van der Waals surface area contributed by atoms with Crippen LogP contribution in [0.5, 0.6) is 5.88 Å². The second kappa shape index (κ2) is 10.1. The largest absolute Gasteiger partial charge is 0.477 e. The molecule has 9 heteroatoms. The maximum absolute atomic E-state index is 10.4. The van der Waals surface area contributed by atoms with Crippen molar-refractivity contribution in [2.45, 2.75) is 32.0 Å². The zero-order valence-corrected chi connectivity index (χ0v) is 21.0. The number of benzene rings is 2. The molecule has 1 aliphatic rings. The number of aliphatic hydroxyl groups excluding tert-OH is 1. The van der Waals surface area contributed by atoms with Crippen molar-refractivity contribution in [2.75, 3.05) is 32.2 Å². The highest BCUT2D eigenvalue weighted by Crippen LogP contribution is 2.47. The third-order valence-electron chi connectivity index (χ3n) is 6.01. The Morgan fingerprint density at radius 3 is 2.42 bits per heavy atom. The summed E-state index contributed by atoms with van der Waals surface area (Å²) in [5, 5.41) is 19.3. The highest BCUT2D eigenvalue weighted by atomic mass is 35.5. The molecule has 1 aliphatic heterocycles. The van der Waals surface area contributed by atoms with Gasteiger partial charge in [0.25, 0.3) is 0 Å². The Hall–Kier alpha value is -1.96. The normalized spacial score (nSPS) is 17.0. The third kappa shape index (κ3) is 4.68. The number of fused-ring (bicyclic) bond motifs is 1. The highest BCUT2D eigenvalue weighted by Gasteiger charge is 2.39. The summed E-state index contributed by atoms with van der Waals surface area (Å²) in [6, 6.07) is 11.1. The van der Waals surface area contributed by atoms with Crippen LogP contribution >= 0.6 is 34.8 Å². The fraction of sp³-hybridized carbons (Fsp3) is 0.375. The molecule has 176 valence electrons. The summed E-state index contributed by atoms with van der Waals surface area (Å²) in [6.45, 7) is 2.95. The molecule has 2 aromatic carbocycles. The van der Waals surface area contributed by atoms with Gasteiger partial charge < -0.3 is 14.7 Å². The number of nitrogens with zero attached hydrogens (tertiary/aromatic N) is 3. The van der Waals surface area contributed by atoms with E-state index in [-0.39, 0.29) is 12.6 Å². The van der Waals surface area contributed by atoms with Crippen molar-refractivity contribution in [2.24, 2.45) is 0 Å². The van der Waals surface area contributed by atoms with E-state index >= 15 is 0 Å². The highest BCUT2D eigenvalue weighted by molar-refractivity contribution is 6.39. The first-order chi connectivity index (χ1) is 15.8. The minimum Gasteiger partial charge on any atom is -0.477 e. The molecule has 4 rings (SSSR count). The fourth-order valence-electron chi connectivity index (χ4n) is 4.53. The zero-order valence-electron chi connectivity index (χ0n) is 18.8. The predicted molar refractivity (Wildman–Crippen MR) is 134 cm³/mol. The molecule has 1 aromatic heterocycles. The van der Waals surface area contributed by atoms with E-state index in [0.29, 0.717) is 46.1 Å². The smallest absolute Gasteiger partial charge is 0.239 e. The first-order valence-electron chi connectivity index (χ1n) is 10.8. The lowest BCUT2D eigenvalue weighted by Crippen LogP contribution is -2.45. The van der Waals surface area contributed by atoms with Crippen LogP contribution in [0.15, 0.2) is 36.4 Å². The van der Waals surface area contributed by atoms with Gasteiger partial charge in [-0.2, -0.15) is 0 Å². The van der Waals surface area contributed by atoms with Crippen LogP contribution in [-0.2, 0) is 13.0 Å². The summed E-state index contributed by atoms with van der Waals surface area (Å²) in [7, 11) is 3.87. The molecule has 6 nitrogen and oxygen atoms in total. The van der Waals surface area contributed by atoms with Crippen LogP contribution in [-0.4, -0.2) is 53.6 Å². The average Bonchev–Trinajstić information content (AvgIpc) is 3.19. The summed E-state index contributed by atoms with van der Waals surface area (Å²) >= 11 is 19.8. The average molecular weight is 510 g/mol. The summed E-state index contributed by atoms with van der Waals surface area (Å²) in [5.74, 6) is 1.25. The maximum atomic E-state index is 10.4. The second-order valence-corrected chi connectivity index (χ2v) is 9.54. The Morgan fingerprint density at radius 2 is 1.82 bits per heavy atom. The lowest BCUT2D eigenvalue weighted by Gasteiger charge is -2.42. The number of ether oxygens (including phenoxy) is 1. The number of H-pyrrole nitrogens is 1. The van der Waals surface area contributed by atoms with E-state index in [1.165, 1.54) is 11.1 Å². The molecular weight excluding hydrogens is 483 g/mol. The molecule has 2 atom stereocenters. The molecule has 0 saturated carbocycles. The number of rotatable bonds is 7. The van der Waals surface area contributed by atoms with E-state index in [1.54, 1.807) is 12.1 Å². The van der Waals surface area contributed by atoms with E-state index in [1.807, 2.05) is 38.1 Å². The topological polar surface area (TPSA) is 64.6 Å². The monoisotopic (exact) mass is 508 g/mol. The van der Waals surface area contributed by atoms with E-state index in [9.17, 15) is 5.11 Å². The number of halogens is 3. The van der Waals surface area contributed by atoms with Gasteiger partial charge in [0, 0.05) is 47.3 Å². The first kappa shape index (κ1) is 24.2. The summed E-state index contributed by atoms with van der Waals surface area (Å²) in [5.41, 5.74) is 3.93.